The highest BCUT2D eigenvalue weighted by Crippen LogP contribution is 2.31. The molecule has 0 atom stereocenters. The fourth-order valence-electron chi connectivity index (χ4n) is 3.92. The molecule has 0 aliphatic heterocycles. The summed E-state index contributed by atoms with van der Waals surface area (Å²) in [5, 5.41) is 2.08. The zero-order valence-corrected chi connectivity index (χ0v) is 20.5. The highest BCUT2D eigenvalue weighted by atomic mass is 32.2. The Bertz CT molecular complexity index is 1540. The van der Waals surface area contributed by atoms with Crippen molar-refractivity contribution < 1.29 is 22.4 Å². The summed E-state index contributed by atoms with van der Waals surface area (Å²) in [6, 6.07) is 17.4. The monoisotopic (exact) mass is 493 g/mol. The summed E-state index contributed by atoms with van der Waals surface area (Å²) in [6.45, 7) is 3.94. The van der Waals surface area contributed by atoms with E-state index < -0.39 is 21.6 Å². The molecule has 0 saturated heterocycles. The van der Waals surface area contributed by atoms with Crippen molar-refractivity contribution in [1.82, 2.24) is 4.72 Å². The lowest BCUT2D eigenvalue weighted by molar-refractivity contribution is -0.134. The number of esters is 1. The number of aryl methyl sites for hydroxylation is 2. The van der Waals surface area contributed by atoms with Crippen molar-refractivity contribution in [1.29, 1.82) is 0 Å². The predicted molar refractivity (Wildman–Crippen MR) is 135 cm³/mol. The molecular weight excluding hydrogens is 466 g/mol. The summed E-state index contributed by atoms with van der Waals surface area (Å²) >= 11 is 0. The molecule has 4 rings (SSSR count). The number of sulfonamides is 1. The minimum atomic E-state index is -3.53. The maximum Gasteiger partial charge on any atom is 0.344 e. The van der Waals surface area contributed by atoms with E-state index in [0.717, 1.165) is 16.3 Å². The van der Waals surface area contributed by atoms with Crippen molar-refractivity contribution in [2.75, 3.05) is 6.54 Å². The third-order valence-corrected chi connectivity index (χ3v) is 7.37. The van der Waals surface area contributed by atoms with Gasteiger partial charge in [0.15, 0.2) is 0 Å². The summed E-state index contributed by atoms with van der Waals surface area (Å²) < 4.78 is 38.2. The first-order valence-corrected chi connectivity index (χ1v) is 13.0. The second-order valence-electron chi connectivity index (χ2n) is 8.50. The van der Waals surface area contributed by atoms with E-state index >= 15 is 0 Å². The van der Waals surface area contributed by atoms with Gasteiger partial charge in [-0.1, -0.05) is 42.3 Å². The van der Waals surface area contributed by atoms with Crippen molar-refractivity contribution in [3.8, 4) is 5.75 Å². The summed E-state index contributed by atoms with van der Waals surface area (Å²) in [7, 11) is -3.53. The molecule has 4 aromatic rings. The standard InChI is InChI=1S/C27H27NO6S/c1-18-11-13-20(14-12-18)35(31,32)28-17-7-3-4-10-25(29)33-24-16-15-22-21-8-5-6-9-23(21)27(30)34-26(22)19(24)2/h5-6,8-9,11-16,28H,3-4,7,10,17H2,1-2H3. The van der Waals surface area contributed by atoms with Gasteiger partial charge in [0.1, 0.15) is 11.3 Å². The van der Waals surface area contributed by atoms with Crippen LogP contribution in [0.4, 0.5) is 0 Å². The van der Waals surface area contributed by atoms with Gasteiger partial charge in [-0.15, -0.1) is 0 Å². The van der Waals surface area contributed by atoms with E-state index in [1.807, 2.05) is 19.1 Å². The van der Waals surface area contributed by atoms with E-state index in [4.69, 9.17) is 9.15 Å². The number of fused-ring (bicyclic) bond motifs is 3. The first-order valence-electron chi connectivity index (χ1n) is 11.5. The van der Waals surface area contributed by atoms with Gasteiger partial charge >= 0.3 is 11.6 Å². The summed E-state index contributed by atoms with van der Waals surface area (Å²) in [5.74, 6) is -0.0392. The number of ether oxygens (including phenoxy) is 1. The van der Waals surface area contributed by atoms with Gasteiger partial charge in [-0.2, -0.15) is 0 Å². The number of hydrogen-bond acceptors (Lipinski definition) is 6. The lowest BCUT2D eigenvalue weighted by Gasteiger charge is -2.10. The lowest BCUT2D eigenvalue weighted by atomic mass is 10.0. The van der Waals surface area contributed by atoms with Crippen molar-refractivity contribution in [2.24, 2.45) is 0 Å². The fourth-order valence-corrected chi connectivity index (χ4v) is 5.00. The number of hydrogen-bond donors (Lipinski definition) is 1. The molecule has 0 saturated carbocycles. The first-order chi connectivity index (χ1) is 16.8. The van der Waals surface area contributed by atoms with E-state index in [1.165, 1.54) is 0 Å². The Morgan fingerprint density at radius 1 is 0.886 bits per heavy atom. The molecule has 1 heterocycles. The number of carbonyl (C=O) groups excluding carboxylic acids is 1. The molecule has 0 spiro atoms. The molecule has 182 valence electrons. The highest BCUT2D eigenvalue weighted by molar-refractivity contribution is 7.89. The van der Waals surface area contributed by atoms with E-state index in [2.05, 4.69) is 4.72 Å². The first kappa shape index (κ1) is 24.6. The smallest absolute Gasteiger partial charge is 0.344 e. The van der Waals surface area contributed by atoms with Gasteiger partial charge < -0.3 is 9.15 Å². The molecule has 1 aromatic heterocycles. The molecule has 0 radical (unpaired) electrons. The molecule has 0 aliphatic carbocycles. The Balaban J connectivity index is 1.29. The van der Waals surface area contributed by atoms with Crippen molar-refractivity contribution in [2.45, 2.75) is 44.4 Å². The van der Waals surface area contributed by atoms with Crippen LogP contribution in [0.5, 0.6) is 5.75 Å². The van der Waals surface area contributed by atoms with Crippen LogP contribution in [-0.2, 0) is 14.8 Å². The zero-order valence-electron chi connectivity index (χ0n) is 19.7. The summed E-state index contributed by atoms with van der Waals surface area (Å²) in [5.41, 5.74) is 1.55. The van der Waals surface area contributed by atoms with Crippen LogP contribution in [0.25, 0.3) is 21.7 Å². The van der Waals surface area contributed by atoms with Crippen molar-refractivity contribution in [3.05, 3.63) is 82.2 Å². The van der Waals surface area contributed by atoms with Gasteiger partial charge in [-0.25, -0.2) is 17.9 Å². The highest BCUT2D eigenvalue weighted by Gasteiger charge is 2.15. The minimum Gasteiger partial charge on any atom is -0.426 e. The molecule has 35 heavy (non-hydrogen) atoms. The Labute approximate surface area is 203 Å². The molecular formula is C27H27NO6S. The number of unbranched alkanes of at least 4 members (excludes halogenated alkanes) is 2. The van der Waals surface area contributed by atoms with E-state index in [0.29, 0.717) is 48.1 Å². The third-order valence-electron chi connectivity index (χ3n) is 5.89. The maximum absolute atomic E-state index is 12.4. The van der Waals surface area contributed by atoms with Gasteiger partial charge in [0.2, 0.25) is 10.0 Å². The van der Waals surface area contributed by atoms with Gasteiger partial charge in [0, 0.05) is 23.9 Å². The SMILES string of the molecule is Cc1ccc(S(=O)(=O)NCCCCCC(=O)Oc2ccc3c(oc(=O)c4ccccc43)c2C)cc1. The van der Waals surface area contributed by atoms with E-state index in [9.17, 15) is 18.0 Å². The topological polar surface area (TPSA) is 103 Å². The van der Waals surface area contributed by atoms with Gasteiger partial charge in [0.05, 0.1) is 10.3 Å². The van der Waals surface area contributed by atoms with E-state index in [-0.39, 0.29) is 11.3 Å². The zero-order chi connectivity index (χ0) is 25.0. The summed E-state index contributed by atoms with van der Waals surface area (Å²) in [6.07, 6.45) is 2.04. The molecule has 0 fully saturated rings. The molecule has 0 bridgehead atoms. The summed E-state index contributed by atoms with van der Waals surface area (Å²) in [4.78, 5) is 24.9. The molecule has 0 unspecified atom stereocenters. The van der Waals surface area contributed by atoms with Crippen molar-refractivity contribution in [3.63, 3.8) is 0 Å². The maximum atomic E-state index is 12.4. The Morgan fingerprint density at radius 3 is 2.34 bits per heavy atom. The molecule has 7 nitrogen and oxygen atoms in total. The molecule has 0 amide bonds. The quantitative estimate of drug-likeness (QED) is 0.116. The second kappa shape index (κ2) is 10.4. The molecule has 0 aliphatic rings. The van der Waals surface area contributed by atoms with Gasteiger partial charge in [-0.3, -0.25) is 4.79 Å². The molecule has 8 heteroatoms. The minimum absolute atomic E-state index is 0.198. The molecule has 1 N–H and O–H groups in total. The predicted octanol–water partition coefficient (Wildman–Crippen LogP) is 5.01. The second-order valence-corrected chi connectivity index (χ2v) is 10.3. The lowest BCUT2D eigenvalue weighted by Crippen LogP contribution is -2.24. The van der Waals surface area contributed by atoms with Crippen LogP contribution in [0.3, 0.4) is 0 Å². The van der Waals surface area contributed by atoms with E-state index in [1.54, 1.807) is 55.5 Å². The molecule has 3 aromatic carbocycles. The Kier molecular flexibility index (Phi) is 7.33. The largest absolute Gasteiger partial charge is 0.426 e. The van der Waals surface area contributed by atoms with Crippen LogP contribution in [0, 0.1) is 13.8 Å². The van der Waals surface area contributed by atoms with Crippen LogP contribution in [0.15, 0.2) is 74.8 Å². The van der Waals surface area contributed by atoms with Crippen LogP contribution < -0.4 is 15.1 Å². The van der Waals surface area contributed by atoms with Crippen molar-refractivity contribution >= 4 is 37.7 Å². The average Bonchev–Trinajstić information content (AvgIpc) is 2.84. The average molecular weight is 494 g/mol. The number of benzene rings is 3. The van der Waals surface area contributed by atoms with Crippen LogP contribution in [-0.4, -0.2) is 20.9 Å². The van der Waals surface area contributed by atoms with Crippen LogP contribution in [0.1, 0.15) is 36.8 Å². The third kappa shape index (κ3) is 5.61. The van der Waals surface area contributed by atoms with Gasteiger partial charge in [-0.05, 0) is 62.4 Å². The van der Waals surface area contributed by atoms with Crippen LogP contribution in [0.2, 0.25) is 0 Å². The Morgan fingerprint density at radius 2 is 1.60 bits per heavy atom. The van der Waals surface area contributed by atoms with Crippen LogP contribution >= 0.6 is 0 Å². The normalized spacial score (nSPS) is 11.7. The number of rotatable bonds is 9. The Hall–Kier alpha value is -3.49. The number of carbonyl (C=O) groups is 1. The number of nitrogens with one attached hydrogen (secondary N) is 1. The van der Waals surface area contributed by atoms with Gasteiger partial charge in [0.25, 0.3) is 0 Å². The fraction of sp³-hybridized carbons (Fsp3) is 0.259.